The Morgan fingerprint density at radius 1 is 1.45 bits per heavy atom. The Balaban J connectivity index is 1.74. The molecule has 1 saturated carbocycles. The average Bonchev–Trinajstić information content (AvgIpc) is 2.87. The molecule has 1 amide bonds. The Labute approximate surface area is 118 Å². The highest BCUT2D eigenvalue weighted by molar-refractivity contribution is 5.89. The summed E-state index contributed by atoms with van der Waals surface area (Å²) >= 11 is 0. The zero-order chi connectivity index (χ0) is 14.2. The molecule has 0 radical (unpaired) electrons. The molecule has 3 rings (SSSR count). The second kappa shape index (κ2) is 5.16. The van der Waals surface area contributed by atoms with E-state index in [4.69, 9.17) is 9.26 Å². The summed E-state index contributed by atoms with van der Waals surface area (Å²) in [4.78, 5) is 18.5. The van der Waals surface area contributed by atoms with Crippen LogP contribution < -0.4 is 0 Å². The van der Waals surface area contributed by atoms with Crippen LogP contribution in [-0.4, -0.2) is 41.1 Å². The Hall–Kier alpha value is -1.43. The molecule has 0 N–H and O–H groups in total. The predicted molar refractivity (Wildman–Crippen MR) is 71.1 cm³/mol. The van der Waals surface area contributed by atoms with Crippen LogP contribution in [0.2, 0.25) is 0 Å². The van der Waals surface area contributed by atoms with E-state index in [1.807, 2.05) is 4.90 Å². The summed E-state index contributed by atoms with van der Waals surface area (Å²) in [6, 6.07) is 0. The Morgan fingerprint density at radius 3 is 2.85 bits per heavy atom. The van der Waals surface area contributed by atoms with Gasteiger partial charge in [-0.1, -0.05) is 12.1 Å². The van der Waals surface area contributed by atoms with Gasteiger partial charge in [-0.05, 0) is 38.0 Å². The van der Waals surface area contributed by atoms with Crippen molar-refractivity contribution in [2.24, 2.45) is 5.92 Å². The number of carbonyl (C=O) groups is 1. The Kier molecular flexibility index (Phi) is 3.50. The molecule has 0 unspecified atom stereocenters. The number of ether oxygens (including phenoxy) is 1. The van der Waals surface area contributed by atoms with Gasteiger partial charge in [-0.25, -0.2) is 0 Å². The van der Waals surface area contributed by atoms with E-state index in [2.05, 4.69) is 17.1 Å². The van der Waals surface area contributed by atoms with Crippen molar-refractivity contribution in [1.82, 2.24) is 15.0 Å². The maximum Gasteiger partial charge on any atom is 0.316 e. The molecule has 2 aliphatic rings. The lowest BCUT2D eigenvalue weighted by Crippen LogP contribution is -2.39. The van der Waals surface area contributed by atoms with Gasteiger partial charge in [-0.3, -0.25) is 4.79 Å². The van der Waals surface area contributed by atoms with Crippen LogP contribution in [0.25, 0.3) is 0 Å². The molecule has 0 aromatic carbocycles. The van der Waals surface area contributed by atoms with Gasteiger partial charge in [0.2, 0.25) is 5.82 Å². The maximum absolute atomic E-state index is 12.4. The van der Waals surface area contributed by atoms with E-state index < -0.39 is 5.60 Å². The van der Waals surface area contributed by atoms with Crippen molar-refractivity contribution in [2.45, 2.75) is 44.6 Å². The first-order chi connectivity index (χ1) is 9.64. The first-order valence-electron chi connectivity index (χ1n) is 7.33. The lowest BCUT2D eigenvalue weighted by molar-refractivity contribution is -0.0858. The van der Waals surface area contributed by atoms with Gasteiger partial charge >= 0.3 is 11.8 Å². The van der Waals surface area contributed by atoms with Crippen LogP contribution in [0, 0.1) is 5.92 Å². The fourth-order valence-electron chi connectivity index (χ4n) is 3.02. The molecule has 2 fully saturated rings. The molecule has 110 valence electrons. The Bertz CT molecular complexity index is 490. The van der Waals surface area contributed by atoms with Crippen molar-refractivity contribution >= 4 is 5.91 Å². The van der Waals surface area contributed by atoms with E-state index in [1.165, 1.54) is 6.42 Å². The Morgan fingerprint density at radius 2 is 2.25 bits per heavy atom. The molecule has 0 bridgehead atoms. The second-order valence-electron chi connectivity index (χ2n) is 5.97. The fraction of sp³-hybridized carbons (Fsp3) is 0.786. The smallest absolute Gasteiger partial charge is 0.316 e. The van der Waals surface area contributed by atoms with Gasteiger partial charge < -0.3 is 14.2 Å². The van der Waals surface area contributed by atoms with E-state index in [-0.39, 0.29) is 11.8 Å². The largest absolute Gasteiger partial charge is 0.370 e. The van der Waals surface area contributed by atoms with E-state index in [1.54, 1.807) is 7.11 Å². The molecule has 1 aromatic rings. The van der Waals surface area contributed by atoms with Crippen molar-refractivity contribution in [3.8, 4) is 0 Å². The lowest BCUT2D eigenvalue weighted by atomic mass is 9.79. The zero-order valence-corrected chi connectivity index (χ0v) is 12.1. The number of aromatic nitrogens is 2. The second-order valence-corrected chi connectivity index (χ2v) is 5.97. The third kappa shape index (κ3) is 2.22. The molecule has 1 atom stereocenters. The van der Waals surface area contributed by atoms with E-state index >= 15 is 0 Å². The summed E-state index contributed by atoms with van der Waals surface area (Å²) in [6.07, 6.45) is 5.08. The number of carbonyl (C=O) groups excluding carboxylic acids is 1. The molecule has 2 heterocycles. The number of amides is 1. The number of nitrogens with zero attached hydrogens (tertiary/aromatic N) is 3. The molecule has 1 aliphatic carbocycles. The topological polar surface area (TPSA) is 68.5 Å². The quantitative estimate of drug-likeness (QED) is 0.846. The summed E-state index contributed by atoms with van der Waals surface area (Å²) in [5.74, 6) is 0.991. The number of piperidine rings is 1. The monoisotopic (exact) mass is 279 g/mol. The number of likely N-dealkylation sites (tertiary alicyclic amines) is 1. The van der Waals surface area contributed by atoms with E-state index in [0.29, 0.717) is 11.7 Å². The van der Waals surface area contributed by atoms with Gasteiger partial charge in [0, 0.05) is 20.2 Å². The molecule has 6 heteroatoms. The van der Waals surface area contributed by atoms with Crippen LogP contribution in [0.3, 0.4) is 0 Å². The van der Waals surface area contributed by atoms with Gasteiger partial charge in [-0.15, -0.1) is 0 Å². The fourth-order valence-corrected chi connectivity index (χ4v) is 3.02. The highest BCUT2D eigenvalue weighted by Gasteiger charge is 2.44. The molecule has 20 heavy (non-hydrogen) atoms. The molecule has 1 aromatic heterocycles. The van der Waals surface area contributed by atoms with Crippen LogP contribution in [0.1, 0.15) is 55.5 Å². The van der Waals surface area contributed by atoms with Gasteiger partial charge in [0.1, 0.15) is 5.60 Å². The zero-order valence-electron chi connectivity index (χ0n) is 12.1. The number of rotatable bonds is 3. The highest BCUT2D eigenvalue weighted by atomic mass is 16.5. The van der Waals surface area contributed by atoms with Gasteiger partial charge in [0.15, 0.2) is 0 Å². The van der Waals surface area contributed by atoms with E-state index in [0.717, 1.165) is 38.8 Å². The third-order valence-corrected chi connectivity index (χ3v) is 4.51. The van der Waals surface area contributed by atoms with Crippen LogP contribution >= 0.6 is 0 Å². The SMILES string of the molecule is COC1(c2noc(C(=O)N3CCC[C@H](C)C3)n2)CCC1. The third-order valence-electron chi connectivity index (χ3n) is 4.51. The molecule has 6 nitrogen and oxygen atoms in total. The first-order valence-corrected chi connectivity index (χ1v) is 7.33. The van der Waals surface area contributed by atoms with Gasteiger partial charge in [-0.2, -0.15) is 4.98 Å². The molecule has 1 aliphatic heterocycles. The van der Waals surface area contributed by atoms with Crippen molar-refractivity contribution < 1.29 is 14.1 Å². The summed E-state index contributed by atoms with van der Waals surface area (Å²) in [6.45, 7) is 3.70. The molecule has 1 saturated heterocycles. The molecular weight excluding hydrogens is 258 g/mol. The minimum atomic E-state index is -0.433. The minimum Gasteiger partial charge on any atom is -0.370 e. The van der Waals surface area contributed by atoms with Crippen LogP contribution in [0.15, 0.2) is 4.52 Å². The van der Waals surface area contributed by atoms with Crippen molar-refractivity contribution in [3.05, 3.63) is 11.7 Å². The van der Waals surface area contributed by atoms with E-state index in [9.17, 15) is 4.79 Å². The van der Waals surface area contributed by atoms with Crippen molar-refractivity contribution in [3.63, 3.8) is 0 Å². The lowest BCUT2D eigenvalue weighted by Gasteiger charge is -2.37. The minimum absolute atomic E-state index is 0.0948. The molecular formula is C14H21N3O3. The number of hydrogen-bond donors (Lipinski definition) is 0. The average molecular weight is 279 g/mol. The van der Waals surface area contributed by atoms with Gasteiger partial charge in [0.05, 0.1) is 0 Å². The van der Waals surface area contributed by atoms with Crippen molar-refractivity contribution in [1.29, 1.82) is 0 Å². The summed E-state index contributed by atoms with van der Waals surface area (Å²) in [5.41, 5.74) is -0.433. The van der Waals surface area contributed by atoms with Crippen LogP contribution in [0.5, 0.6) is 0 Å². The normalized spacial score (nSPS) is 25.3. The standard InChI is InChI=1S/C14H21N3O3/c1-10-5-3-8-17(9-10)12(18)11-15-13(16-20-11)14(19-2)6-4-7-14/h10H,3-9H2,1-2H3/t10-/m0/s1. The van der Waals surface area contributed by atoms with Gasteiger partial charge in [0.25, 0.3) is 0 Å². The molecule has 0 spiro atoms. The predicted octanol–water partition coefficient (Wildman–Crippen LogP) is 1.97. The summed E-state index contributed by atoms with van der Waals surface area (Å²) in [5, 5.41) is 3.96. The van der Waals surface area contributed by atoms with Crippen molar-refractivity contribution in [2.75, 3.05) is 20.2 Å². The first kappa shape index (κ1) is 13.5. The van der Waals surface area contributed by atoms with Crippen LogP contribution in [-0.2, 0) is 10.3 Å². The number of hydrogen-bond acceptors (Lipinski definition) is 5. The highest BCUT2D eigenvalue weighted by Crippen LogP contribution is 2.42. The van der Waals surface area contributed by atoms with Crippen LogP contribution in [0.4, 0.5) is 0 Å². The summed E-state index contributed by atoms with van der Waals surface area (Å²) < 4.78 is 10.7. The summed E-state index contributed by atoms with van der Waals surface area (Å²) in [7, 11) is 1.66. The maximum atomic E-state index is 12.4. The number of methoxy groups -OCH3 is 1.